The number of amides is 1. The van der Waals surface area contributed by atoms with Crippen LogP contribution in [0.15, 0.2) is 46.3 Å². The van der Waals surface area contributed by atoms with Crippen LogP contribution in [0.4, 0.5) is 5.69 Å². The molecule has 1 saturated heterocycles. The number of aliphatic imine (C=N–C) groups is 1. The molecule has 0 radical (unpaired) electrons. The number of nitrogens with zero attached hydrogens (tertiary/aromatic N) is 1. The number of carbonyl (C=O) groups excluding carboxylic acids is 1. The molecular weight excluding hydrogens is 566 g/mol. The zero-order valence-corrected chi connectivity index (χ0v) is 18.0. The second-order valence-electron chi connectivity index (χ2n) is 5.01. The highest BCUT2D eigenvalue weighted by atomic mass is 127. The van der Waals surface area contributed by atoms with E-state index < -0.39 is 0 Å². The van der Waals surface area contributed by atoms with Crippen molar-refractivity contribution < 1.29 is 14.6 Å². The Balaban J connectivity index is 1.83. The molecule has 1 amide bonds. The van der Waals surface area contributed by atoms with Gasteiger partial charge in [0.05, 0.1) is 24.8 Å². The lowest BCUT2D eigenvalue weighted by Crippen LogP contribution is -2.19. The van der Waals surface area contributed by atoms with Gasteiger partial charge in [0.2, 0.25) is 0 Å². The van der Waals surface area contributed by atoms with Crippen LogP contribution in [0.1, 0.15) is 5.56 Å². The van der Waals surface area contributed by atoms with Crippen molar-refractivity contribution in [3.05, 3.63) is 54.0 Å². The van der Waals surface area contributed by atoms with Gasteiger partial charge in [-0.25, -0.2) is 4.99 Å². The monoisotopic (exact) mass is 578 g/mol. The van der Waals surface area contributed by atoms with E-state index in [1.807, 2.05) is 36.4 Å². The Bertz CT molecular complexity index is 872. The molecule has 25 heavy (non-hydrogen) atoms. The fourth-order valence-electron chi connectivity index (χ4n) is 2.07. The van der Waals surface area contributed by atoms with Gasteiger partial charge in [-0.2, -0.15) is 0 Å². The van der Waals surface area contributed by atoms with Crippen LogP contribution >= 0.6 is 56.9 Å². The van der Waals surface area contributed by atoms with Gasteiger partial charge < -0.3 is 15.2 Å². The van der Waals surface area contributed by atoms with Crippen LogP contribution in [0, 0.1) is 7.14 Å². The second-order valence-corrected chi connectivity index (χ2v) is 8.37. The molecule has 1 heterocycles. The summed E-state index contributed by atoms with van der Waals surface area (Å²) in [5.74, 6) is 0.827. The molecule has 1 fully saturated rings. The van der Waals surface area contributed by atoms with Gasteiger partial charge in [-0.05, 0) is 105 Å². The summed E-state index contributed by atoms with van der Waals surface area (Å²) in [5.41, 5.74) is 1.59. The summed E-state index contributed by atoms with van der Waals surface area (Å²) < 4.78 is 6.60. The third kappa shape index (κ3) is 4.47. The smallest absolute Gasteiger partial charge is 0.264 e. The van der Waals surface area contributed by atoms with Gasteiger partial charge in [0.25, 0.3) is 5.91 Å². The maximum Gasteiger partial charge on any atom is 0.264 e. The van der Waals surface area contributed by atoms with Gasteiger partial charge in [0.15, 0.2) is 5.17 Å². The zero-order valence-electron chi connectivity index (χ0n) is 12.9. The number of phenolic OH excluding ortho intramolecular Hbond substituents is 1. The van der Waals surface area contributed by atoms with E-state index in [1.54, 1.807) is 13.2 Å². The molecule has 0 aliphatic carbocycles. The van der Waals surface area contributed by atoms with Gasteiger partial charge in [-0.15, -0.1) is 0 Å². The van der Waals surface area contributed by atoms with Crippen LogP contribution in [0.25, 0.3) is 6.08 Å². The summed E-state index contributed by atoms with van der Waals surface area (Å²) in [6.07, 6.45) is 1.79. The van der Waals surface area contributed by atoms with Crippen molar-refractivity contribution in [1.29, 1.82) is 0 Å². The molecule has 3 rings (SSSR count). The first kappa shape index (κ1) is 18.5. The first-order valence-corrected chi connectivity index (χ1v) is 10.1. The Hall–Kier alpha value is -1.27. The van der Waals surface area contributed by atoms with Crippen molar-refractivity contribution in [1.82, 2.24) is 5.32 Å². The summed E-state index contributed by atoms with van der Waals surface area (Å²) in [5, 5.41) is 13.1. The van der Waals surface area contributed by atoms with Gasteiger partial charge in [-0.3, -0.25) is 4.79 Å². The number of methoxy groups -OCH3 is 1. The fraction of sp³-hybridized carbons (Fsp3) is 0.0588. The van der Waals surface area contributed by atoms with Crippen LogP contribution in [0.2, 0.25) is 0 Å². The molecule has 0 saturated carbocycles. The van der Waals surface area contributed by atoms with E-state index >= 15 is 0 Å². The van der Waals surface area contributed by atoms with Gasteiger partial charge in [0, 0.05) is 0 Å². The Morgan fingerprint density at radius 2 is 1.84 bits per heavy atom. The van der Waals surface area contributed by atoms with E-state index in [1.165, 1.54) is 11.8 Å². The minimum absolute atomic E-state index is 0.185. The number of aromatic hydroxyl groups is 1. The van der Waals surface area contributed by atoms with Gasteiger partial charge in [-0.1, -0.05) is 0 Å². The quantitative estimate of drug-likeness (QED) is 0.416. The fourth-order valence-corrected chi connectivity index (χ4v) is 4.73. The number of rotatable bonds is 3. The number of phenols is 1. The molecule has 2 aromatic carbocycles. The molecule has 1 aliphatic heterocycles. The summed E-state index contributed by atoms with van der Waals surface area (Å²) in [7, 11) is 1.61. The summed E-state index contributed by atoms with van der Waals surface area (Å²) in [4.78, 5) is 17.2. The molecule has 128 valence electrons. The van der Waals surface area contributed by atoms with Crippen molar-refractivity contribution in [2.24, 2.45) is 4.99 Å². The maximum atomic E-state index is 12.2. The highest BCUT2D eigenvalue weighted by Gasteiger charge is 2.24. The maximum absolute atomic E-state index is 12.2. The number of thioether (sulfide) groups is 1. The number of carbonyl (C=O) groups is 1. The lowest BCUT2D eigenvalue weighted by Gasteiger charge is -2.02. The van der Waals surface area contributed by atoms with Crippen molar-refractivity contribution in [3.63, 3.8) is 0 Å². The highest BCUT2D eigenvalue weighted by Crippen LogP contribution is 2.32. The number of benzene rings is 2. The third-order valence-electron chi connectivity index (χ3n) is 3.29. The lowest BCUT2D eigenvalue weighted by atomic mass is 10.2. The van der Waals surface area contributed by atoms with Crippen molar-refractivity contribution in [3.8, 4) is 11.5 Å². The largest absolute Gasteiger partial charge is 0.506 e. The molecule has 0 aromatic heterocycles. The molecule has 2 aromatic rings. The first-order chi connectivity index (χ1) is 12.0. The number of hydrogen-bond acceptors (Lipinski definition) is 5. The normalized spacial score (nSPS) is 17.2. The minimum atomic E-state index is -0.185. The molecule has 0 bridgehead atoms. The van der Waals surface area contributed by atoms with Crippen LogP contribution in [-0.2, 0) is 4.79 Å². The number of halogens is 2. The third-order valence-corrected chi connectivity index (χ3v) is 5.85. The summed E-state index contributed by atoms with van der Waals surface area (Å²) >= 11 is 5.42. The minimum Gasteiger partial charge on any atom is -0.506 e. The molecule has 5 nitrogen and oxygen atoms in total. The van der Waals surface area contributed by atoms with E-state index in [0.29, 0.717) is 10.1 Å². The van der Waals surface area contributed by atoms with Crippen molar-refractivity contribution >= 4 is 79.8 Å². The Morgan fingerprint density at radius 3 is 2.44 bits per heavy atom. The lowest BCUT2D eigenvalue weighted by molar-refractivity contribution is -0.115. The van der Waals surface area contributed by atoms with E-state index in [2.05, 4.69) is 55.5 Å². The van der Waals surface area contributed by atoms with Crippen molar-refractivity contribution in [2.45, 2.75) is 0 Å². The Kier molecular flexibility index (Phi) is 5.89. The topological polar surface area (TPSA) is 70.9 Å². The molecular formula is C17H12I2N2O3S. The molecule has 0 atom stereocenters. The highest BCUT2D eigenvalue weighted by molar-refractivity contribution is 14.1. The SMILES string of the molecule is COc1ccc(N=C2NC(=O)/C(=C\c3cc(I)c(O)c(I)c3)S2)cc1. The number of hydrogen-bond donors (Lipinski definition) is 2. The average Bonchev–Trinajstić information content (AvgIpc) is 2.92. The number of ether oxygens (including phenoxy) is 1. The molecule has 0 spiro atoms. The van der Waals surface area contributed by atoms with E-state index in [0.717, 1.165) is 24.1 Å². The van der Waals surface area contributed by atoms with Crippen LogP contribution in [0.3, 0.4) is 0 Å². The Labute approximate surface area is 176 Å². The molecule has 0 unspecified atom stereocenters. The molecule has 8 heteroatoms. The average molecular weight is 578 g/mol. The standard InChI is InChI=1S/C17H12I2N2O3S/c1-24-11-4-2-10(3-5-11)20-17-21-16(23)14(25-17)8-9-6-12(18)15(22)13(19)7-9/h2-8,22H,1H3,(H,20,21,23)/b14-8+. The molecule has 2 N–H and O–H groups in total. The van der Waals surface area contributed by atoms with E-state index in [9.17, 15) is 9.90 Å². The predicted octanol–water partition coefficient (Wildman–Crippen LogP) is 4.50. The van der Waals surface area contributed by atoms with E-state index in [-0.39, 0.29) is 11.7 Å². The van der Waals surface area contributed by atoms with Crippen LogP contribution in [-0.4, -0.2) is 23.3 Å². The Morgan fingerprint density at radius 1 is 1.20 bits per heavy atom. The number of nitrogens with one attached hydrogen (secondary N) is 1. The van der Waals surface area contributed by atoms with Crippen molar-refractivity contribution in [2.75, 3.05) is 7.11 Å². The number of amidine groups is 1. The predicted molar refractivity (Wildman–Crippen MR) is 117 cm³/mol. The van der Waals surface area contributed by atoms with Gasteiger partial charge >= 0.3 is 0 Å². The first-order valence-electron chi connectivity index (χ1n) is 7.08. The van der Waals surface area contributed by atoms with Gasteiger partial charge in [0.1, 0.15) is 11.5 Å². The van der Waals surface area contributed by atoms with Crippen LogP contribution < -0.4 is 10.1 Å². The summed E-state index contributed by atoms with van der Waals surface area (Å²) in [6.45, 7) is 0. The van der Waals surface area contributed by atoms with Crippen LogP contribution in [0.5, 0.6) is 11.5 Å². The zero-order chi connectivity index (χ0) is 18.0. The van der Waals surface area contributed by atoms with E-state index in [4.69, 9.17) is 4.74 Å². The molecule has 1 aliphatic rings. The second kappa shape index (κ2) is 7.96. The summed E-state index contributed by atoms with van der Waals surface area (Å²) in [6, 6.07) is 10.9.